The lowest BCUT2D eigenvalue weighted by Gasteiger charge is -2.29. The van der Waals surface area contributed by atoms with Gasteiger partial charge in [-0.25, -0.2) is 0 Å². The molecule has 5 heteroatoms. The quantitative estimate of drug-likeness (QED) is 0.598. The Kier molecular flexibility index (Phi) is 5.54. The molecule has 0 aromatic heterocycles. The van der Waals surface area contributed by atoms with Gasteiger partial charge in [-0.2, -0.15) is 0 Å². The lowest BCUT2D eigenvalue weighted by Crippen LogP contribution is -2.33. The van der Waals surface area contributed by atoms with E-state index in [1.165, 1.54) is 25.7 Å². The molecule has 1 aromatic carbocycles. The van der Waals surface area contributed by atoms with E-state index in [0.29, 0.717) is 10.5 Å². The van der Waals surface area contributed by atoms with Crippen molar-refractivity contribution in [3.8, 4) is 0 Å². The molecular formula is C15H21BrN2O2. The third kappa shape index (κ3) is 3.79. The van der Waals surface area contributed by atoms with Gasteiger partial charge < -0.3 is 0 Å². The van der Waals surface area contributed by atoms with Gasteiger partial charge in [0.1, 0.15) is 0 Å². The Hall–Kier alpha value is -0.940. The van der Waals surface area contributed by atoms with Crippen molar-refractivity contribution in [1.29, 1.82) is 0 Å². The normalized spacial score (nSPS) is 20.6. The molecule has 1 heterocycles. The largest absolute Gasteiger partial charge is 0.296 e. The van der Waals surface area contributed by atoms with Gasteiger partial charge >= 0.3 is 0 Å². The van der Waals surface area contributed by atoms with Gasteiger partial charge in [0.25, 0.3) is 5.69 Å². The van der Waals surface area contributed by atoms with E-state index in [2.05, 4.69) is 27.8 Å². The van der Waals surface area contributed by atoms with Crippen LogP contribution in [0.2, 0.25) is 0 Å². The van der Waals surface area contributed by atoms with Crippen molar-refractivity contribution >= 4 is 21.6 Å². The fraction of sp³-hybridized carbons (Fsp3) is 0.600. The lowest BCUT2D eigenvalue weighted by atomic mass is 10.1. The van der Waals surface area contributed by atoms with E-state index in [-0.39, 0.29) is 10.6 Å². The smallest absolute Gasteiger partial charge is 0.283 e. The van der Waals surface area contributed by atoms with Crippen LogP contribution in [0, 0.1) is 10.1 Å². The molecule has 4 nitrogen and oxygen atoms in total. The topological polar surface area (TPSA) is 46.4 Å². The molecule has 1 aliphatic heterocycles. The van der Waals surface area contributed by atoms with Crippen LogP contribution in [-0.4, -0.2) is 22.4 Å². The fourth-order valence-corrected chi connectivity index (χ4v) is 3.33. The van der Waals surface area contributed by atoms with Crippen molar-refractivity contribution in [2.24, 2.45) is 0 Å². The Morgan fingerprint density at radius 3 is 2.90 bits per heavy atom. The van der Waals surface area contributed by atoms with Crippen LogP contribution in [0.4, 0.5) is 5.69 Å². The number of halogens is 1. The molecule has 0 N–H and O–H groups in total. The van der Waals surface area contributed by atoms with Crippen molar-refractivity contribution in [3.63, 3.8) is 0 Å². The highest BCUT2D eigenvalue weighted by Gasteiger charge is 2.20. The van der Waals surface area contributed by atoms with Gasteiger partial charge in [0.15, 0.2) is 0 Å². The first-order chi connectivity index (χ1) is 9.61. The van der Waals surface area contributed by atoms with E-state index in [0.717, 1.165) is 25.1 Å². The van der Waals surface area contributed by atoms with Crippen LogP contribution in [0.3, 0.4) is 0 Å². The van der Waals surface area contributed by atoms with Gasteiger partial charge in [0, 0.05) is 18.7 Å². The molecule has 2 rings (SSSR count). The highest BCUT2D eigenvalue weighted by Crippen LogP contribution is 2.27. The average molecular weight is 341 g/mol. The van der Waals surface area contributed by atoms with Crippen molar-refractivity contribution in [3.05, 3.63) is 38.3 Å². The maximum Gasteiger partial charge on any atom is 0.283 e. The van der Waals surface area contributed by atoms with Gasteiger partial charge in [0.2, 0.25) is 0 Å². The lowest BCUT2D eigenvalue weighted by molar-refractivity contribution is -0.385. The Morgan fingerprint density at radius 2 is 2.20 bits per heavy atom. The average Bonchev–Trinajstić information content (AvgIpc) is 2.65. The van der Waals surface area contributed by atoms with E-state index in [1.54, 1.807) is 12.1 Å². The maximum absolute atomic E-state index is 11.0. The van der Waals surface area contributed by atoms with Crippen LogP contribution in [0.15, 0.2) is 22.7 Å². The summed E-state index contributed by atoms with van der Waals surface area (Å²) in [4.78, 5) is 13.2. The Bertz CT molecular complexity index is 479. The standard InChI is InChI=1S/C15H21BrN2O2/c1-2-13-6-4-3-5-9-17(13)11-12-7-8-14(16)15(10-12)18(19)20/h7-8,10,13H,2-6,9,11H2,1H3. The van der Waals surface area contributed by atoms with Gasteiger partial charge in [-0.3, -0.25) is 15.0 Å². The molecule has 0 saturated carbocycles. The number of hydrogen-bond acceptors (Lipinski definition) is 3. The summed E-state index contributed by atoms with van der Waals surface area (Å²) in [6.45, 7) is 4.14. The Labute approximate surface area is 128 Å². The number of nitro benzene ring substituents is 1. The summed E-state index contributed by atoms with van der Waals surface area (Å²) in [6, 6.07) is 6.07. The van der Waals surface area contributed by atoms with Crippen molar-refractivity contribution in [1.82, 2.24) is 4.90 Å². The minimum Gasteiger partial charge on any atom is -0.296 e. The van der Waals surface area contributed by atoms with Crippen molar-refractivity contribution in [2.75, 3.05) is 6.54 Å². The van der Waals surface area contributed by atoms with Crippen LogP contribution in [0.1, 0.15) is 44.6 Å². The van der Waals surface area contributed by atoms with Crippen LogP contribution < -0.4 is 0 Å². The molecule has 0 aliphatic carbocycles. The van der Waals surface area contributed by atoms with E-state index in [1.807, 2.05) is 6.07 Å². The maximum atomic E-state index is 11.0. The highest BCUT2D eigenvalue weighted by atomic mass is 79.9. The number of nitrogens with zero attached hydrogens (tertiary/aromatic N) is 2. The summed E-state index contributed by atoms with van der Waals surface area (Å²) in [5.41, 5.74) is 1.19. The zero-order chi connectivity index (χ0) is 14.5. The number of rotatable bonds is 4. The minimum absolute atomic E-state index is 0.158. The second-order valence-corrected chi connectivity index (χ2v) is 6.28. The molecule has 1 aliphatic rings. The first-order valence-corrected chi connectivity index (χ1v) is 8.08. The zero-order valence-corrected chi connectivity index (χ0v) is 13.4. The zero-order valence-electron chi connectivity index (χ0n) is 11.8. The summed E-state index contributed by atoms with van der Waals surface area (Å²) in [5.74, 6) is 0. The van der Waals surface area contributed by atoms with Gasteiger partial charge in [-0.1, -0.05) is 25.8 Å². The molecule has 1 aromatic rings. The molecule has 20 heavy (non-hydrogen) atoms. The molecule has 0 bridgehead atoms. The summed E-state index contributed by atoms with van der Waals surface area (Å²) in [5, 5.41) is 11.0. The Balaban J connectivity index is 2.15. The van der Waals surface area contributed by atoms with Gasteiger partial charge in [0.05, 0.1) is 9.40 Å². The predicted octanol–water partition coefficient (Wildman–Crippen LogP) is 4.51. The molecule has 0 spiro atoms. The molecule has 0 amide bonds. The van der Waals surface area contributed by atoms with Crippen LogP contribution in [-0.2, 0) is 6.54 Å². The van der Waals surface area contributed by atoms with Crippen LogP contribution in [0.5, 0.6) is 0 Å². The number of hydrogen-bond donors (Lipinski definition) is 0. The summed E-state index contributed by atoms with van der Waals surface area (Å²) in [7, 11) is 0. The van der Waals surface area contributed by atoms with E-state index < -0.39 is 0 Å². The Morgan fingerprint density at radius 1 is 1.40 bits per heavy atom. The molecule has 1 atom stereocenters. The van der Waals surface area contributed by atoms with Gasteiger partial charge in [-0.15, -0.1) is 0 Å². The van der Waals surface area contributed by atoms with E-state index in [4.69, 9.17) is 0 Å². The summed E-state index contributed by atoms with van der Waals surface area (Å²) < 4.78 is 0.550. The second kappa shape index (κ2) is 7.18. The van der Waals surface area contributed by atoms with Crippen molar-refractivity contribution in [2.45, 2.75) is 51.6 Å². The van der Waals surface area contributed by atoms with Crippen LogP contribution >= 0.6 is 15.9 Å². The van der Waals surface area contributed by atoms with Crippen molar-refractivity contribution < 1.29 is 4.92 Å². The molecule has 110 valence electrons. The minimum atomic E-state index is -0.326. The molecular weight excluding hydrogens is 320 g/mol. The summed E-state index contributed by atoms with van der Waals surface area (Å²) >= 11 is 3.24. The molecule has 1 fully saturated rings. The highest BCUT2D eigenvalue weighted by molar-refractivity contribution is 9.10. The first-order valence-electron chi connectivity index (χ1n) is 7.28. The van der Waals surface area contributed by atoms with Gasteiger partial charge in [-0.05, 0) is 53.4 Å². The fourth-order valence-electron chi connectivity index (χ4n) is 2.94. The van der Waals surface area contributed by atoms with Crippen LogP contribution in [0.25, 0.3) is 0 Å². The number of nitro groups is 1. The predicted molar refractivity (Wildman–Crippen MR) is 83.8 cm³/mol. The number of benzene rings is 1. The number of likely N-dealkylation sites (tertiary alicyclic amines) is 1. The van der Waals surface area contributed by atoms with E-state index >= 15 is 0 Å². The molecule has 0 radical (unpaired) electrons. The molecule has 1 unspecified atom stereocenters. The first kappa shape index (κ1) is 15.4. The third-order valence-electron chi connectivity index (χ3n) is 4.06. The SMILES string of the molecule is CCC1CCCCCN1Cc1ccc(Br)c([N+](=O)[O-])c1. The third-order valence-corrected chi connectivity index (χ3v) is 4.73. The summed E-state index contributed by atoms with van der Waals surface area (Å²) in [6.07, 6.45) is 6.23. The second-order valence-electron chi connectivity index (χ2n) is 5.42. The monoisotopic (exact) mass is 340 g/mol. The van der Waals surface area contributed by atoms with E-state index in [9.17, 15) is 10.1 Å². The molecule has 1 saturated heterocycles.